The van der Waals surface area contributed by atoms with E-state index in [0.717, 1.165) is 21.1 Å². The van der Waals surface area contributed by atoms with E-state index in [1.807, 2.05) is 19.1 Å². The number of nitrogens with one attached hydrogen (secondary N) is 1. The van der Waals surface area contributed by atoms with Crippen molar-refractivity contribution in [2.24, 2.45) is 0 Å². The van der Waals surface area contributed by atoms with Gasteiger partial charge in [0, 0.05) is 26.0 Å². The van der Waals surface area contributed by atoms with Gasteiger partial charge in [-0.1, -0.05) is 18.5 Å². The van der Waals surface area contributed by atoms with Crippen molar-refractivity contribution in [1.29, 1.82) is 0 Å². The maximum absolute atomic E-state index is 13.1. The van der Waals surface area contributed by atoms with Crippen LogP contribution in [0.2, 0.25) is 5.02 Å². The van der Waals surface area contributed by atoms with Gasteiger partial charge in [-0.2, -0.15) is 0 Å². The number of aryl methyl sites for hydroxylation is 1. The number of thiophene rings is 1. The Morgan fingerprint density at radius 3 is 2.81 bits per heavy atom. The zero-order valence-corrected chi connectivity index (χ0v) is 16.6. The molecule has 0 atom stereocenters. The molecule has 26 heavy (non-hydrogen) atoms. The zero-order chi connectivity index (χ0) is 18.7. The molecule has 7 heteroatoms. The molecule has 0 aliphatic heterocycles. The van der Waals surface area contributed by atoms with E-state index < -0.39 is 0 Å². The van der Waals surface area contributed by atoms with Gasteiger partial charge in [-0.3, -0.25) is 9.78 Å². The first-order valence-electron chi connectivity index (χ1n) is 7.93. The lowest BCUT2D eigenvalue weighted by atomic mass is 10.1. The Labute approximate surface area is 164 Å². The van der Waals surface area contributed by atoms with Crippen LogP contribution >= 0.6 is 34.7 Å². The summed E-state index contributed by atoms with van der Waals surface area (Å²) in [6.45, 7) is 3.97. The van der Waals surface area contributed by atoms with Crippen molar-refractivity contribution in [2.75, 3.05) is 11.1 Å². The van der Waals surface area contributed by atoms with Gasteiger partial charge >= 0.3 is 0 Å². The molecule has 0 aliphatic carbocycles. The second-order valence-electron chi connectivity index (χ2n) is 5.50. The van der Waals surface area contributed by atoms with Crippen molar-refractivity contribution in [3.63, 3.8) is 0 Å². The highest BCUT2D eigenvalue weighted by Gasteiger charge is 2.15. The minimum absolute atomic E-state index is 0.207. The third-order valence-electron chi connectivity index (χ3n) is 3.59. The van der Waals surface area contributed by atoms with Crippen LogP contribution in [0, 0.1) is 12.7 Å². The Bertz CT molecular complexity index is 941. The van der Waals surface area contributed by atoms with Gasteiger partial charge in [0.15, 0.2) is 0 Å². The maximum atomic E-state index is 13.1. The van der Waals surface area contributed by atoms with E-state index in [-0.39, 0.29) is 11.7 Å². The number of anilines is 1. The number of pyridine rings is 1. The maximum Gasteiger partial charge on any atom is 0.265 e. The molecule has 0 aliphatic rings. The van der Waals surface area contributed by atoms with E-state index in [1.54, 1.807) is 30.0 Å². The highest BCUT2D eigenvalue weighted by Crippen LogP contribution is 2.31. The predicted octanol–water partition coefficient (Wildman–Crippen LogP) is 6.28. The third-order valence-corrected chi connectivity index (χ3v) is 5.71. The molecule has 1 N–H and O–H groups in total. The highest BCUT2D eigenvalue weighted by molar-refractivity contribution is 7.99. The molecule has 0 unspecified atom stereocenters. The number of hydrogen-bond acceptors (Lipinski definition) is 4. The lowest BCUT2D eigenvalue weighted by Crippen LogP contribution is -2.10. The summed E-state index contributed by atoms with van der Waals surface area (Å²) >= 11 is 9.17. The van der Waals surface area contributed by atoms with E-state index >= 15 is 0 Å². The van der Waals surface area contributed by atoms with Gasteiger partial charge in [0.1, 0.15) is 5.82 Å². The molecule has 2 heterocycles. The Balaban J connectivity index is 1.83. The molecule has 1 amide bonds. The summed E-state index contributed by atoms with van der Waals surface area (Å²) in [5.41, 5.74) is 2.13. The van der Waals surface area contributed by atoms with E-state index in [1.165, 1.54) is 23.6 Å². The summed E-state index contributed by atoms with van der Waals surface area (Å²) in [5.74, 6) is 0.328. The summed E-state index contributed by atoms with van der Waals surface area (Å²) in [7, 11) is 0. The molecule has 0 fully saturated rings. The van der Waals surface area contributed by atoms with Crippen LogP contribution in [0.15, 0.2) is 47.5 Å². The molecule has 2 aromatic heterocycles. The van der Waals surface area contributed by atoms with E-state index in [4.69, 9.17) is 11.6 Å². The second-order valence-corrected chi connectivity index (χ2v) is 8.54. The molecule has 134 valence electrons. The molecular formula is C19H16ClFN2OS2. The highest BCUT2D eigenvalue weighted by atomic mass is 35.5. The van der Waals surface area contributed by atoms with Crippen LogP contribution < -0.4 is 5.32 Å². The van der Waals surface area contributed by atoms with Crippen molar-refractivity contribution in [3.05, 3.63) is 63.2 Å². The molecule has 3 nitrogen and oxygen atoms in total. The number of aromatic nitrogens is 1. The number of carbonyl (C=O) groups is 1. The summed E-state index contributed by atoms with van der Waals surface area (Å²) < 4.78 is 13.1. The van der Waals surface area contributed by atoms with Crippen LogP contribution in [-0.4, -0.2) is 16.6 Å². The van der Waals surface area contributed by atoms with Crippen LogP contribution in [0.1, 0.15) is 21.5 Å². The van der Waals surface area contributed by atoms with Gasteiger partial charge < -0.3 is 5.32 Å². The molecule has 0 spiro atoms. The number of benzene rings is 1. The Kier molecular flexibility index (Phi) is 5.96. The standard InChI is InChI=1S/C19H16ClFN2OS2/c1-3-25-15-7-12(20)6-14(8-15)23-19(24)18-9-16(11(2)26-18)17-5-4-13(21)10-22-17/h4-10H,3H2,1-2H3,(H,23,24). The van der Waals surface area contributed by atoms with Crippen LogP contribution in [0.3, 0.4) is 0 Å². The van der Waals surface area contributed by atoms with Crippen molar-refractivity contribution < 1.29 is 9.18 Å². The van der Waals surface area contributed by atoms with Gasteiger partial charge in [0.05, 0.1) is 16.8 Å². The Morgan fingerprint density at radius 1 is 1.31 bits per heavy atom. The number of halogens is 2. The van der Waals surface area contributed by atoms with Crippen LogP contribution in [-0.2, 0) is 0 Å². The Hall–Kier alpha value is -1.89. The summed E-state index contributed by atoms with van der Waals surface area (Å²) in [4.78, 5) is 19.2. The monoisotopic (exact) mass is 406 g/mol. The molecule has 0 saturated heterocycles. The first-order valence-corrected chi connectivity index (χ1v) is 10.1. The second kappa shape index (κ2) is 8.20. The van der Waals surface area contributed by atoms with E-state index in [9.17, 15) is 9.18 Å². The topological polar surface area (TPSA) is 42.0 Å². The predicted molar refractivity (Wildman–Crippen MR) is 108 cm³/mol. The van der Waals surface area contributed by atoms with Crippen molar-refractivity contribution in [3.8, 4) is 11.3 Å². The first kappa shape index (κ1) is 18.9. The lowest BCUT2D eigenvalue weighted by Gasteiger charge is -2.07. The quantitative estimate of drug-likeness (QED) is 0.507. The molecule has 3 aromatic rings. The summed E-state index contributed by atoms with van der Waals surface area (Å²) in [5, 5.41) is 3.47. The fourth-order valence-corrected chi connectivity index (χ4v) is 4.44. The lowest BCUT2D eigenvalue weighted by molar-refractivity contribution is 0.103. The van der Waals surface area contributed by atoms with Crippen molar-refractivity contribution in [1.82, 2.24) is 4.98 Å². The first-order chi connectivity index (χ1) is 12.5. The summed E-state index contributed by atoms with van der Waals surface area (Å²) in [6.07, 6.45) is 1.17. The number of rotatable bonds is 5. The molecule has 1 aromatic carbocycles. The van der Waals surface area contributed by atoms with Gasteiger partial charge in [-0.25, -0.2) is 4.39 Å². The number of thioether (sulfide) groups is 1. The smallest absolute Gasteiger partial charge is 0.265 e. The molecular weight excluding hydrogens is 391 g/mol. The van der Waals surface area contributed by atoms with Crippen molar-refractivity contribution in [2.45, 2.75) is 18.7 Å². The van der Waals surface area contributed by atoms with E-state index in [2.05, 4.69) is 17.2 Å². The summed E-state index contributed by atoms with van der Waals surface area (Å²) in [6, 6.07) is 10.2. The van der Waals surface area contributed by atoms with Gasteiger partial charge in [0.2, 0.25) is 0 Å². The fraction of sp³-hybridized carbons (Fsp3) is 0.158. The normalized spacial score (nSPS) is 10.8. The average molecular weight is 407 g/mol. The van der Waals surface area contributed by atoms with Gasteiger partial charge in [0.25, 0.3) is 5.91 Å². The average Bonchev–Trinajstić information content (AvgIpc) is 2.97. The van der Waals surface area contributed by atoms with Crippen LogP contribution in [0.25, 0.3) is 11.3 Å². The molecule has 3 rings (SSSR count). The van der Waals surface area contributed by atoms with Gasteiger partial charge in [-0.05, 0) is 49.1 Å². The molecule has 0 saturated carbocycles. The van der Waals surface area contributed by atoms with Crippen LogP contribution in [0.5, 0.6) is 0 Å². The molecule has 0 bridgehead atoms. The number of carbonyl (C=O) groups excluding carboxylic acids is 1. The zero-order valence-electron chi connectivity index (χ0n) is 14.2. The SMILES string of the molecule is CCSc1cc(Cl)cc(NC(=O)c2cc(-c3ccc(F)cn3)c(C)s2)c1. The number of amides is 1. The minimum atomic E-state index is -0.388. The number of hydrogen-bond donors (Lipinski definition) is 1. The van der Waals surface area contributed by atoms with E-state index in [0.29, 0.717) is 21.3 Å². The Morgan fingerprint density at radius 2 is 2.12 bits per heavy atom. The largest absolute Gasteiger partial charge is 0.321 e. The number of nitrogens with zero attached hydrogens (tertiary/aromatic N) is 1. The molecule has 0 radical (unpaired) electrons. The fourth-order valence-electron chi connectivity index (χ4n) is 2.46. The third kappa shape index (κ3) is 4.44. The van der Waals surface area contributed by atoms with Crippen molar-refractivity contribution >= 4 is 46.3 Å². The van der Waals surface area contributed by atoms with Crippen LogP contribution in [0.4, 0.5) is 10.1 Å². The minimum Gasteiger partial charge on any atom is -0.321 e. The van der Waals surface area contributed by atoms with Gasteiger partial charge in [-0.15, -0.1) is 23.1 Å².